The molecule has 2 amide bonds. The molecule has 3 fully saturated rings. The minimum atomic E-state index is -0.613. The lowest BCUT2D eigenvalue weighted by molar-refractivity contribution is -0.129. The molecule has 0 spiro atoms. The van der Waals surface area contributed by atoms with Crippen LogP contribution >= 0.6 is 0 Å². The second-order valence-electron chi connectivity index (χ2n) is 12.1. The molecule has 3 heterocycles. The summed E-state index contributed by atoms with van der Waals surface area (Å²) in [5.41, 5.74) is 8.01. The van der Waals surface area contributed by atoms with Crippen LogP contribution in [0.25, 0.3) is 0 Å². The number of piperidine rings is 1. The number of aromatic nitrogens is 2. The van der Waals surface area contributed by atoms with Gasteiger partial charge in [-0.25, -0.2) is 9.97 Å². The van der Waals surface area contributed by atoms with Gasteiger partial charge >= 0.3 is 0 Å². The van der Waals surface area contributed by atoms with Crippen LogP contribution < -0.4 is 16.0 Å². The lowest BCUT2D eigenvalue weighted by atomic mass is 9.88. The van der Waals surface area contributed by atoms with Gasteiger partial charge in [0.25, 0.3) is 5.91 Å². The average Bonchev–Trinajstić information content (AvgIpc) is 3.40. The minimum Gasteiger partial charge on any atom is -0.364 e. The molecule has 9 heteroatoms. The fraction of sp³-hybridized carbons (Fsp3) is 0.613. The molecule has 1 aromatic heterocycles. The van der Waals surface area contributed by atoms with Gasteiger partial charge in [-0.15, -0.1) is 0 Å². The van der Waals surface area contributed by atoms with Crippen LogP contribution in [0.15, 0.2) is 30.5 Å². The molecule has 2 aromatic rings. The third kappa shape index (κ3) is 6.92. The van der Waals surface area contributed by atoms with Crippen LogP contribution in [0.3, 0.4) is 0 Å². The summed E-state index contributed by atoms with van der Waals surface area (Å²) < 4.78 is 0. The van der Waals surface area contributed by atoms with E-state index in [-0.39, 0.29) is 17.5 Å². The molecule has 2 aliphatic heterocycles. The smallest absolute Gasteiger partial charge is 0.271 e. The van der Waals surface area contributed by atoms with Gasteiger partial charge in [-0.3, -0.25) is 9.59 Å². The Morgan fingerprint density at radius 3 is 2.35 bits per heavy atom. The SMILES string of the molecule is CN(C)C(=O)C[C@@H]1CCCCN(c2cnc(C(N)=O)c(Nc3ccc(C4CCN(C5CCCC5)CC4)cc3)n2)C1. The summed E-state index contributed by atoms with van der Waals surface area (Å²) in [6, 6.07) is 9.32. The van der Waals surface area contributed by atoms with Crippen molar-refractivity contribution in [2.45, 2.75) is 76.2 Å². The molecule has 0 radical (unpaired) electrons. The summed E-state index contributed by atoms with van der Waals surface area (Å²) in [6.45, 7) is 3.96. The second-order valence-corrected chi connectivity index (χ2v) is 12.1. The van der Waals surface area contributed by atoms with E-state index >= 15 is 0 Å². The number of benzene rings is 1. The maximum Gasteiger partial charge on any atom is 0.271 e. The van der Waals surface area contributed by atoms with Crippen molar-refractivity contribution >= 4 is 29.1 Å². The molecular formula is C31H45N7O2. The van der Waals surface area contributed by atoms with Crippen LogP contribution in [0, 0.1) is 5.92 Å². The quantitative estimate of drug-likeness (QED) is 0.500. The largest absolute Gasteiger partial charge is 0.364 e. The molecule has 0 unspecified atom stereocenters. The highest BCUT2D eigenvalue weighted by molar-refractivity contribution is 5.96. The first-order valence-electron chi connectivity index (χ1n) is 15.1. The molecule has 3 N–H and O–H groups in total. The van der Waals surface area contributed by atoms with Gasteiger partial charge in [0.2, 0.25) is 5.91 Å². The predicted octanol–water partition coefficient (Wildman–Crippen LogP) is 4.53. The van der Waals surface area contributed by atoms with E-state index in [4.69, 9.17) is 10.7 Å². The van der Waals surface area contributed by atoms with Gasteiger partial charge in [-0.2, -0.15) is 0 Å². The molecule has 3 aliphatic rings. The molecule has 216 valence electrons. The van der Waals surface area contributed by atoms with Crippen LogP contribution in [-0.4, -0.2) is 77.9 Å². The molecule has 40 heavy (non-hydrogen) atoms. The zero-order valence-corrected chi connectivity index (χ0v) is 24.1. The fourth-order valence-electron chi connectivity index (χ4n) is 6.68. The van der Waals surface area contributed by atoms with E-state index in [1.54, 1.807) is 25.2 Å². The molecule has 1 aliphatic carbocycles. The summed E-state index contributed by atoms with van der Waals surface area (Å²) in [5.74, 6) is 1.44. The highest BCUT2D eigenvalue weighted by atomic mass is 16.2. The molecule has 1 aromatic carbocycles. The van der Waals surface area contributed by atoms with Crippen molar-refractivity contribution in [2.75, 3.05) is 50.5 Å². The zero-order chi connectivity index (χ0) is 28.1. The number of likely N-dealkylation sites (tertiary alicyclic amines) is 1. The summed E-state index contributed by atoms with van der Waals surface area (Å²) in [4.78, 5) is 40.3. The Morgan fingerprint density at radius 2 is 1.68 bits per heavy atom. The monoisotopic (exact) mass is 547 g/mol. The van der Waals surface area contributed by atoms with E-state index in [1.165, 1.54) is 57.2 Å². The van der Waals surface area contributed by atoms with E-state index in [2.05, 4.69) is 44.4 Å². The van der Waals surface area contributed by atoms with E-state index < -0.39 is 5.91 Å². The van der Waals surface area contributed by atoms with Gasteiger partial charge in [0.15, 0.2) is 11.5 Å². The summed E-state index contributed by atoms with van der Waals surface area (Å²) in [5, 5.41) is 3.31. The number of carbonyl (C=O) groups excluding carboxylic acids is 2. The Morgan fingerprint density at radius 1 is 0.975 bits per heavy atom. The van der Waals surface area contributed by atoms with E-state index in [0.717, 1.165) is 44.1 Å². The normalized spacial score (nSPS) is 21.2. The lowest BCUT2D eigenvalue weighted by Crippen LogP contribution is -2.39. The Labute approximate surface area is 238 Å². The summed E-state index contributed by atoms with van der Waals surface area (Å²) in [7, 11) is 3.60. The van der Waals surface area contributed by atoms with E-state index in [0.29, 0.717) is 24.0 Å². The number of nitrogens with two attached hydrogens (primary N) is 1. The Balaban J connectivity index is 1.26. The first-order chi connectivity index (χ1) is 19.4. The van der Waals surface area contributed by atoms with Crippen molar-refractivity contribution in [3.63, 3.8) is 0 Å². The van der Waals surface area contributed by atoms with Crippen molar-refractivity contribution in [2.24, 2.45) is 11.7 Å². The van der Waals surface area contributed by atoms with Gasteiger partial charge in [-0.05, 0) is 81.1 Å². The number of anilines is 3. The van der Waals surface area contributed by atoms with E-state index in [9.17, 15) is 9.59 Å². The van der Waals surface area contributed by atoms with Crippen LogP contribution in [0.5, 0.6) is 0 Å². The van der Waals surface area contributed by atoms with Crippen LogP contribution in [-0.2, 0) is 4.79 Å². The average molecular weight is 548 g/mol. The topological polar surface area (TPSA) is 108 Å². The van der Waals surface area contributed by atoms with Crippen LogP contribution in [0.2, 0.25) is 0 Å². The van der Waals surface area contributed by atoms with E-state index in [1.807, 2.05) is 0 Å². The lowest BCUT2D eigenvalue weighted by Gasteiger charge is -2.36. The minimum absolute atomic E-state index is 0.126. The van der Waals surface area contributed by atoms with Crippen molar-refractivity contribution in [3.05, 3.63) is 41.7 Å². The summed E-state index contributed by atoms with van der Waals surface area (Å²) >= 11 is 0. The number of hydrogen-bond acceptors (Lipinski definition) is 7. The third-order valence-corrected chi connectivity index (χ3v) is 9.06. The van der Waals surface area contributed by atoms with Gasteiger partial charge < -0.3 is 25.8 Å². The molecule has 1 atom stereocenters. The van der Waals surface area contributed by atoms with Gasteiger partial charge in [0.1, 0.15) is 5.82 Å². The molecule has 5 rings (SSSR count). The molecule has 0 bridgehead atoms. The first kappa shape index (κ1) is 28.3. The third-order valence-electron chi connectivity index (χ3n) is 9.06. The standard InChI is InChI=1S/C31H45N7O2/c1-36(2)28(39)19-22-7-5-6-16-38(21-22)27-20-33-29(30(32)40)31(35-27)34-25-12-10-23(11-13-25)24-14-17-37(18-15-24)26-8-3-4-9-26/h10-13,20,22,24,26H,3-9,14-19,21H2,1-2H3,(H2,32,40)(H,34,35)/t22-/m0/s1. The van der Waals surface area contributed by atoms with Gasteiger partial charge in [-0.1, -0.05) is 31.4 Å². The van der Waals surface area contributed by atoms with Crippen LogP contribution in [0.1, 0.15) is 86.2 Å². The first-order valence-corrected chi connectivity index (χ1v) is 15.1. The number of amides is 2. The van der Waals surface area contributed by atoms with Crippen molar-refractivity contribution in [1.29, 1.82) is 0 Å². The number of carbonyl (C=O) groups is 2. The fourth-order valence-corrected chi connectivity index (χ4v) is 6.68. The molecule has 9 nitrogen and oxygen atoms in total. The van der Waals surface area contributed by atoms with Gasteiger partial charge in [0.05, 0.1) is 6.20 Å². The Bertz CT molecular complexity index is 1150. The highest BCUT2D eigenvalue weighted by Crippen LogP contribution is 2.33. The maximum absolute atomic E-state index is 12.4. The number of primary amides is 1. The molecule has 1 saturated carbocycles. The second kappa shape index (κ2) is 13.0. The number of hydrogen-bond donors (Lipinski definition) is 2. The number of nitrogens with zero attached hydrogens (tertiary/aromatic N) is 5. The Hall–Kier alpha value is -3.20. The van der Waals surface area contributed by atoms with Crippen molar-refractivity contribution in [3.8, 4) is 0 Å². The van der Waals surface area contributed by atoms with Crippen molar-refractivity contribution in [1.82, 2.24) is 19.8 Å². The number of rotatable bonds is 8. The van der Waals surface area contributed by atoms with Gasteiger partial charge in [0, 0.05) is 45.3 Å². The molecular weight excluding hydrogens is 502 g/mol. The Kier molecular flexibility index (Phi) is 9.19. The maximum atomic E-state index is 12.4. The van der Waals surface area contributed by atoms with Crippen molar-refractivity contribution < 1.29 is 9.59 Å². The predicted molar refractivity (Wildman–Crippen MR) is 159 cm³/mol. The summed E-state index contributed by atoms with van der Waals surface area (Å²) in [6.07, 6.45) is 13.2. The molecule has 2 saturated heterocycles. The van der Waals surface area contributed by atoms with Crippen LogP contribution in [0.4, 0.5) is 17.3 Å². The number of nitrogens with one attached hydrogen (secondary N) is 1. The highest BCUT2D eigenvalue weighted by Gasteiger charge is 2.28. The zero-order valence-electron chi connectivity index (χ0n) is 24.1.